The molecule has 1 atom stereocenters. The van der Waals surface area contributed by atoms with Gasteiger partial charge in [-0.3, -0.25) is 0 Å². The third-order valence-electron chi connectivity index (χ3n) is 4.17. The van der Waals surface area contributed by atoms with Gasteiger partial charge in [0.05, 0.1) is 0 Å². The highest BCUT2D eigenvalue weighted by molar-refractivity contribution is 7.83. The zero-order valence-corrected chi connectivity index (χ0v) is 12.0. The van der Waals surface area contributed by atoms with Gasteiger partial charge in [-0.2, -0.15) is 0 Å². The molecule has 0 N–H and O–H groups in total. The summed E-state index contributed by atoms with van der Waals surface area (Å²) in [6, 6.07) is 18.1. The van der Waals surface area contributed by atoms with E-state index in [1.807, 2.05) is 48.5 Å². The van der Waals surface area contributed by atoms with Crippen LogP contribution in [0.25, 0.3) is 5.57 Å². The van der Waals surface area contributed by atoms with E-state index in [2.05, 4.69) is 18.2 Å². The molecule has 1 aliphatic carbocycles. The number of hydrogen-bond acceptors (Lipinski definition) is 1. The molecule has 20 heavy (non-hydrogen) atoms. The Morgan fingerprint density at radius 2 is 1.65 bits per heavy atom. The summed E-state index contributed by atoms with van der Waals surface area (Å²) in [5, 5.41) is 3.02. The van der Waals surface area contributed by atoms with Crippen molar-refractivity contribution in [1.29, 1.82) is 0 Å². The fraction of sp³-hybridized carbons (Fsp3) is 0.111. The van der Waals surface area contributed by atoms with Crippen molar-refractivity contribution in [3.63, 3.8) is 0 Å². The largest absolute Gasteiger partial charge is 0.309 e. The standard InChI is InChI=1S/C18H15OP/c19-20(14-8-2-1-3-9-14)17-12-6-4-10-15(17)16-11-5-7-13-18(16)20/h1-4,6-10,12-13H,5,11H2. The van der Waals surface area contributed by atoms with Crippen molar-refractivity contribution in [2.24, 2.45) is 0 Å². The lowest BCUT2D eigenvalue weighted by atomic mass is 9.98. The van der Waals surface area contributed by atoms with E-state index in [-0.39, 0.29) is 0 Å². The molecule has 0 fully saturated rings. The molecule has 0 radical (unpaired) electrons. The second kappa shape index (κ2) is 4.33. The smallest absolute Gasteiger partial charge is 0.171 e. The number of allylic oxidation sites excluding steroid dienone is 4. The van der Waals surface area contributed by atoms with Crippen molar-refractivity contribution in [3.8, 4) is 0 Å². The summed E-state index contributed by atoms with van der Waals surface area (Å²) in [5.41, 5.74) is 2.48. The molecule has 0 aromatic heterocycles. The number of hydrogen-bond donors (Lipinski definition) is 0. The molecule has 1 heterocycles. The highest BCUT2D eigenvalue weighted by atomic mass is 31.2. The summed E-state index contributed by atoms with van der Waals surface area (Å²) in [7, 11) is -2.65. The van der Waals surface area contributed by atoms with Crippen molar-refractivity contribution >= 4 is 23.3 Å². The summed E-state index contributed by atoms with van der Waals surface area (Å²) in [4.78, 5) is 0. The Hall–Kier alpha value is -1.85. The molecule has 1 unspecified atom stereocenters. The molecule has 4 rings (SSSR count). The van der Waals surface area contributed by atoms with Crippen LogP contribution in [0.2, 0.25) is 0 Å². The van der Waals surface area contributed by atoms with Gasteiger partial charge in [-0.25, -0.2) is 0 Å². The molecule has 2 aromatic carbocycles. The minimum Gasteiger partial charge on any atom is -0.309 e. The first kappa shape index (κ1) is 11.9. The third-order valence-corrected chi connectivity index (χ3v) is 7.36. The van der Waals surface area contributed by atoms with Crippen LogP contribution in [0.5, 0.6) is 0 Å². The van der Waals surface area contributed by atoms with E-state index < -0.39 is 7.14 Å². The SMILES string of the molecule is O=P1(c2ccccc2)C2=C(CCC=C2)c2ccccc21. The van der Waals surface area contributed by atoms with Gasteiger partial charge in [0.2, 0.25) is 0 Å². The molecule has 1 aliphatic heterocycles. The fourth-order valence-electron chi connectivity index (χ4n) is 3.27. The first-order valence-corrected chi connectivity index (χ1v) is 8.68. The highest BCUT2D eigenvalue weighted by Gasteiger charge is 2.40. The molecular formula is C18H15OP. The van der Waals surface area contributed by atoms with Crippen LogP contribution in [0.15, 0.2) is 72.1 Å². The fourth-order valence-corrected chi connectivity index (χ4v) is 6.45. The second-order valence-electron chi connectivity index (χ2n) is 5.27. The molecule has 1 nitrogen and oxygen atoms in total. The van der Waals surface area contributed by atoms with Crippen molar-refractivity contribution in [1.82, 2.24) is 0 Å². The lowest BCUT2D eigenvalue weighted by Gasteiger charge is -2.17. The minimum atomic E-state index is -2.65. The highest BCUT2D eigenvalue weighted by Crippen LogP contribution is 2.61. The van der Waals surface area contributed by atoms with Crippen LogP contribution in [0.4, 0.5) is 0 Å². The third kappa shape index (κ3) is 1.47. The van der Waals surface area contributed by atoms with Crippen molar-refractivity contribution in [3.05, 3.63) is 77.6 Å². The Morgan fingerprint density at radius 3 is 2.50 bits per heavy atom. The van der Waals surface area contributed by atoms with E-state index >= 15 is 0 Å². The molecule has 2 aliphatic rings. The normalized spacial score (nSPS) is 23.6. The zero-order chi connectivity index (χ0) is 13.6. The maximum atomic E-state index is 13.9. The molecule has 0 saturated heterocycles. The van der Waals surface area contributed by atoms with E-state index in [1.54, 1.807) is 0 Å². The molecule has 0 bridgehead atoms. The Kier molecular flexibility index (Phi) is 2.58. The minimum absolute atomic E-state index is 0.948. The topological polar surface area (TPSA) is 17.1 Å². The van der Waals surface area contributed by atoms with Gasteiger partial charge >= 0.3 is 0 Å². The van der Waals surface area contributed by atoms with Crippen LogP contribution in [0.1, 0.15) is 18.4 Å². The Morgan fingerprint density at radius 1 is 0.900 bits per heavy atom. The average molecular weight is 278 g/mol. The van der Waals surface area contributed by atoms with E-state index in [1.165, 1.54) is 11.1 Å². The predicted octanol–water partition coefficient (Wildman–Crippen LogP) is 4.08. The monoisotopic (exact) mass is 278 g/mol. The maximum absolute atomic E-state index is 13.9. The van der Waals surface area contributed by atoms with Crippen molar-refractivity contribution in [2.75, 3.05) is 0 Å². The van der Waals surface area contributed by atoms with Gasteiger partial charge in [0.25, 0.3) is 0 Å². The van der Waals surface area contributed by atoms with E-state index in [9.17, 15) is 4.57 Å². The number of benzene rings is 2. The van der Waals surface area contributed by atoms with Crippen LogP contribution in [-0.2, 0) is 4.57 Å². The Bertz CT molecular complexity index is 784. The van der Waals surface area contributed by atoms with Gasteiger partial charge in [-0.05, 0) is 24.0 Å². The molecule has 0 amide bonds. The van der Waals surface area contributed by atoms with E-state index in [0.29, 0.717) is 0 Å². The molecule has 98 valence electrons. The second-order valence-corrected chi connectivity index (χ2v) is 7.97. The van der Waals surface area contributed by atoms with Gasteiger partial charge in [0, 0.05) is 15.9 Å². The molecule has 0 saturated carbocycles. The van der Waals surface area contributed by atoms with Gasteiger partial charge in [-0.15, -0.1) is 0 Å². The van der Waals surface area contributed by atoms with Crippen LogP contribution < -0.4 is 10.6 Å². The summed E-state index contributed by atoms with van der Waals surface area (Å²) in [6.45, 7) is 0. The van der Waals surface area contributed by atoms with Gasteiger partial charge in [0.1, 0.15) is 0 Å². The van der Waals surface area contributed by atoms with Crippen molar-refractivity contribution in [2.45, 2.75) is 12.8 Å². The quantitative estimate of drug-likeness (QED) is 0.718. The predicted molar refractivity (Wildman–Crippen MR) is 85.1 cm³/mol. The number of fused-ring (bicyclic) bond motifs is 2. The molecule has 0 spiro atoms. The maximum Gasteiger partial charge on any atom is 0.171 e. The first-order valence-electron chi connectivity index (χ1n) is 6.98. The Balaban J connectivity index is 2.07. The zero-order valence-electron chi connectivity index (χ0n) is 11.1. The van der Waals surface area contributed by atoms with Gasteiger partial charge in [-0.1, -0.05) is 66.7 Å². The van der Waals surface area contributed by atoms with Gasteiger partial charge in [0.15, 0.2) is 7.14 Å². The van der Waals surface area contributed by atoms with Crippen molar-refractivity contribution < 1.29 is 4.57 Å². The summed E-state index contributed by atoms with van der Waals surface area (Å²) in [5.74, 6) is 0. The molecular weight excluding hydrogens is 263 g/mol. The average Bonchev–Trinajstić information content (AvgIpc) is 2.80. The van der Waals surface area contributed by atoms with E-state index in [4.69, 9.17) is 0 Å². The summed E-state index contributed by atoms with van der Waals surface area (Å²) in [6.07, 6.45) is 6.29. The lowest BCUT2D eigenvalue weighted by molar-refractivity contribution is 0.591. The number of rotatable bonds is 1. The molecule has 2 aromatic rings. The Labute approximate surface area is 119 Å². The lowest BCUT2D eigenvalue weighted by Crippen LogP contribution is -2.15. The van der Waals surface area contributed by atoms with Crippen LogP contribution in [-0.4, -0.2) is 0 Å². The van der Waals surface area contributed by atoms with Crippen LogP contribution >= 0.6 is 7.14 Å². The molecule has 2 heteroatoms. The van der Waals surface area contributed by atoms with Crippen LogP contribution in [0.3, 0.4) is 0 Å². The van der Waals surface area contributed by atoms with Crippen LogP contribution in [0, 0.1) is 0 Å². The summed E-state index contributed by atoms with van der Waals surface area (Å²) < 4.78 is 13.9. The first-order chi connectivity index (χ1) is 9.82. The van der Waals surface area contributed by atoms with E-state index in [0.717, 1.165) is 28.8 Å². The summed E-state index contributed by atoms with van der Waals surface area (Å²) >= 11 is 0. The van der Waals surface area contributed by atoms with Gasteiger partial charge < -0.3 is 4.57 Å².